The summed E-state index contributed by atoms with van der Waals surface area (Å²) in [5.74, 6) is 0.598. The van der Waals surface area contributed by atoms with Crippen LogP contribution in [0.4, 0.5) is 5.95 Å². The first kappa shape index (κ1) is 13.2. The largest absolute Gasteiger partial charge is 0.353 e. The van der Waals surface area contributed by atoms with E-state index < -0.39 is 0 Å². The molecule has 0 bridgehead atoms. The molecule has 3 rings (SSSR count). The molecule has 0 aliphatic carbocycles. The predicted octanol–water partition coefficient (Wildman–Crippen LogP) is 3.69. The number of nitrogens with one attached hydrogen (secondary N) is 1. The number of nitrogens with zero attached hydrogens (tertiary/aromatic N) is 3. The Bertz CT molecular complexity index is 722. The molecular formula is C14H12Cl2N4. The molecule has 20 heavy (non-hydrogen) atoms. The van der Waals surface area contributed by atoms with Gasteiger partial charge in [-0.3, -0.25) is 0 Å². The SMILES string of the molecule is Clc1ccc(CCNc2nc3ccc(Cl)cn3n2)cc1. The van der Waals surface area contributed by atoms with Crippen LogP contribution in [-0.4, -0.2) is 21.1 Å². The van der Waals surface area contributed by atoms with Gasteiger partial charge in [0.25, 0.3) is 0 Å². The fraction of sp³-hybridized carbons (Fsp3) is 0.143. The Balaban J connectivity index is 1.63. The van der Waals surface area contributed by atoms with E-state index in [0.29, 0.717) is 11.0 Å². The summed E-state index contributed by atoms with van der Waals surface area (Å²) >= 11 is 11.8. The Morgan fingerprint density at radius 2 is 1.75 bits per heavy atom. The lowest BCUT2D eigenvalue weighted by molar-refractivity contribution is 0.937. The highest BCUT2D eigenvalue weighted by Gasteiger charge is 2.03. The van der Waals surface area contributed by atoms with Crippen molar-refractivity contribution in [2.24, 2.45) is 0 Å². The minimum absolute atomic E-state index is 0.598. The van der Waals surface area contributed by atoms with Crippen molar-refractivity contribution in [3.63, 3.8) is 0 Å². The molecule has 102 valence electrons. The summed E-state index contributed by atoms with van der Waals surface area (Å²) < 4.78 is 1.66. The number of hydrogen-bond acceptors (Lipinski definition) is 3. The summed E-state index contributed by atoms with van der Waals surface area (Å²) in [6.45, 7) is 0.756. The maximum atomic E-state index is 5.91. The molecule has 2 aromatic heterocycles. The number of benzene rings is 1. The van der Waals surface area contributed by atoms with Crippen molar-refractivity contribution in [2.75, 3.05) is 11.9 Å². The standard InChI is InChI=1S/C14H12Cl2N4/c15-11-3-1-10(2-4-11)7-8-17-14-18-13-6-5-12(16)9-20(13)19-14/h1-6,9H,7-8H2,(H,17,19). The molecule has 2 heterocycles. The molecule has 0 atom stereocenters. The van der Waals surface area contributed by atoms with Crippen molar-refractivity contribution < 1.29 is 0 Å². The number of halogens is 2. The molecule has 6 heteroatoms. The number of aromatic nitrogens is 3. The summed E-state index contributed by atoms with van der Waals surface area (Å²) in [4.78, 5) is 4.36. The summed E-state index contributed by atoms with van der Waals surface area (Å²) in [6, 6.07) is 11.4. The maximum Gasteiger partial charge on any atom is 0.243 e. The third-order valence-electron chi connectivity index (χ3n) is 2.90. The summed E-state index contributed by atoms with van der Waals surface area (Å²) in [7, 11) is 0. The Hall–Kier alpha value is -1.78. The second-order valence-electron chi connectivity index (χ2n) is 4.39. The van der Waals surface area contributed by atoms with Crippen LogP contribution in [0.15, 0.2) is 42.6 Å². The van der Waals surface area contributed by atoms with Gasteiger partial charge in [-0.15, -0.1) is 5.10 Å². The van der Waals surface area contributed by atoms with E-state index >= 15 is 0 Å². The molecule has 0 fully saturated rings. The Morgan fingerprint density at radius 1 is 1.00 bits per heavy atom. The van der Waals surface area contributed by atoms with Crippen LogP contribution < -0.4 is 5.32 Å². The molecule has 0 aliphatic rings. The average molecular weight is 307 g/mol. The maximum absolute atomic E-state index is 5.91. The Labute approximate surface area is 126 Å². The van der Waals surface area contributed by atoms with Crippen LogP contribution in [0.2, 0.25) is 10.0 Å². The fourth-order valence-corrected chi connectivity index (χ4v) is 2.18. The van der Waals surface area contributed by atoms with E-state index in [-0.39, 0.29) is 0 Å². The summed E-state index contributed by atoms with van der Waals surface area (Å²) in [6.07, 6.45) is 2.61. The van der Waals surface area contributed by atoms with Crippen LogP contribution in [0, 0.1) is 0 Å². The third-order valence-corrected chi connectivity index (χ3v) is 3.38. The van der Waals surface area contributed by atoms with Gasteiger partial charge in [-0.05, 0) is 36.2 Å². The molecule has 1 N–H and O–H groups in total. The highest BCUT2D eigenvalue weighted by atomic mass is 35.5. The van der Waals surface area contributed by atoms with Gasteiger partial charge in [0.2, 0.25) is 5.95 Å². The van der Waals surface area contributed by atoms with Gasteiger partial charge in [-0.2, -0.15) is 4.98 Å². The first-order valence-electron chi connectivity index (χ1n) is 6.21. The van der Waals surface area contributed by atoms with Crippen LogP contribution in [0.25, 0.3) is 5.65 Å². The average Bonchev–Trinajstić information content (AvgIpc) is 2.83. The van der Waals surface area contributed by atoms with E-state index in [4.69, 9.17) is 23.2 Å². The van der Waals surface area contributed by atoms with E-state index in [9.17, 15) is 0 Å². The van der Waals surface area contributed by atoms with Crippen LogP contribution >= 0.6 is 23.2 Å². The van der Waals surface area contributed by atoms with Gasteiger partial charge in [-0.1, -0.05) is 35.3 Å². The number of hydrogen-bond donors (Lipinski definition) is 1. The second-order valence-corrected chi connectivity index (χ2v) is 5.26. The number of fused-ring (bicyclic) bond motifs is 1. The van der Waals surface area contributed by atoms with Gasteiger partial charge in [0.15, 0.2) is 5.65 Å². The van der Waals surface area contributed by atoms with Crippen molar-refractivity contribution in [3.8, 4) is 0 Å². The Kier molecular flexibility index (Phi) is 3.76. The molecule has 0 spiro atoms. The van der Waals surface area contributed by atoms with Crippen molar-refractivity contribution in [1.29, 1.82) is 0 Å². The first-order chi connectivity index (χ1) is 9.70. The van der Waals surface area contributed by atoms with E-state index in [1.54, 1.807) is 16.8 Å². The number of anilines is 1. The van der Waals surface area contributed by atoms with Crippen LogP contribution in [-0.2, 0) is 6.42 Å². The Morgan fingerprint density at radius 3 is 2.55 bits per heavy atom. The van der Waals surface area contributed by atoms with Gasteiger partial charge in [0.1, 0.15) is 0 Å². The quantitative estimate of drug-likeness (QED) is 0.799. The third kappa shape index (κ3) is 3.03. The zero-order chi connectivity index (χ0) is 13.9. The van der Waals surface area contributed by atoms with Crippen LogP contribution in [0.5, 0.6) is 0 Å². The molecule has 0 radical (unpaired) electrons. The van der Waals surface area contributed by atoms with Crippen molar-refractivity contribution in [1.82, 2.24) is 14.6 Å². The van der Waals surface area contributed by atoms with E-state index in [1.165, 1.54) is 5.56 Å². The monoisotopic (exact) mass is 306 g/mol. The van der Waals surface area contributed by atoms with Crippen LogP contribution in [0.3, 0.4) is 0 Å². The summed E-state index contributed by atoms with van der Waals surface area (Å²) in [5.41, 5.74) is 1.98. The lowest BCUT2D eigenvalue weighted by Gasteiger charge is -2.02. The first-order valence-corrected chi connectivity index (χ1v) is 6.96. The van der Waals surface area contributed by atoms with Crippen molar-refractivity contribution >= 4 is 34.8 Å². The van der Waals surface area contributed by atoms with Gasteiger partial charge < -0.3 is 5.32 Å². The molecule has 0 saturated heterocycles. The predicted molar refractivity (Wildman–Crippen MR) is 81.6 cm³/mol. The molecule has 0 amide bonds. The van der Waals surface area contributed by atoms with Crippen molar-refractivity contribution in [2.45, 2.75) is 6.42 Å². The second kappa shape index (κ2) is 5.69. The molecule has 0 aliphatic heterocycles. The molecule has 0 unspecified atom stereocenters. The molecule has 4 nitrogen and oxygen atoms in total. The summed E-state index contributed by atoms with van der Waals surface area (Å²) in [5, 5.41) is 8.89. The van der Waals surface area contributed by atoms with E-state index in [1.807, 2.05) is 30.3 Å². The topological polar surface area (TPSA) is 42.2 Å². The van der Waals surface area contributed by atoms with E-state index in [0.717, 1.165) is 23.6 Å². The fourth-order valence-electron chi connectivity index (χ4n) is 1.90. The van der Waals surface area contributed by atoms with Crippen LogP contribution in [0.1, 0.15) is 5.56 Å². The van der Waals surface area contributed by atoms with Gasteiger partial charge in [0, 0.05) is 17.8 Å². The molecular weight excluding hydrogens is 295 g/mol. The minimum Gasteiger partial charge on any atom is -0.353 e. The lowest BCUT2D eigenvalue weighted by Crippen LogP contribution is -2.06. The normalized spacial score (nSPS) is 10.9. The van der Waals surface area contributed by atoms with E-state index in [2.05, 4.69) is 15.4 Å². The zero-order valence-electron chi connectivity index (χ0n) is 10.6. The molecule has 1 aromatic carbocycles. The van der Waals surface area contributed by atoms with Gasteiger partial charge in [-0.25, -0.2) is 4.52 Å². The smallest absolute Gasteiger partial charge is 0.243 e. The number of pyridine rings is 1. The van der Waals surface area contributed by atoms with Crippen molar-refractivity contribution in [3.05, 3.63) is 58.2 Å². The van der Waals surface area contributed by atoms with Gasteiger partial charge >= 0.3 is 0 Å². The lowest BCUT2D eigenvalue weighted by atomic mass is 10.1. The highest BCUT2D eigenvalue weighted by Crippen LogP contribution is 2.12. The van der Waals surface area contributed by atoms with Gasteiger partial charge in [0.05, 0.1) is 5.02 Å². The minimum atomic E-state index is 0.598. The molecule has 3 aromatic rings. The highest BCUT2D eigenvalue weighted by molar-refractivity contribution is 6.30. The number of rotatable bonds is 4. The zero-order valence-corrected chi connectivity index (χ0v) is 12.1. The molecule has 0 saturated carbocycles.